The average molecular weight is 334 g/mol. The lowest BCUT2D eigenvalue weighted by molar-refractivity contribution is 0.100. The maximum absolute atomic E-state index is 11.4. The molecule has 1 aliphatic carbocycles. The number of carbonyl (C=O) groups excluding carboxylic acids is 1. The minimum Gasteiger partial charge on any atom is -0.366 e. The molecule has 1 aromatic carbocycles. The van der Waals surface area contributed by atoms with E-state index < -0.39 is 5.91 Å². The molecule has 0 saturated heterocycles. The molecule has 3 aromatic rings. The van der Waals surface area contributed by atoms with E-state index in [2.05, 4.69) is 15.4 Å². The fraction of sp³-hybridized carbons (Fsp3) is 0.222. The van der Waals surface area contributed by atoms with Crippen LogP contribution in [0.2, 0.25) is 0 Å². The third kappa shape index (κ3) is 2.63. The lowest BCUT2D eigenvalue weighted by Gasteiger charge is -2.17. The fourth-order valence-electron chi connectivity index (χ4n) is 3.13. The molecule has 2 aromatic heterocycles. The van der Waals surface area contributed by atoms with Crippen molar-refractivity contribution in [2.24, 2.45) is 12.8 Å². The third-order valence-corrected chi connectivity index (χ3v) is 4.54. The van der Waals surface area contributed by atoms with Crippen molar-refractivity contribution in [1.82, 2.24) is 19.7 Å². The Kier molecular flexibility index (Phi) is 3.49. The van der Waals surface area contributed by atoms with Crippen LogP contribution in [0, 0.1) is 6.92 Å². The van der Waals surface area contributed by atoms with Gasteiger partial charge in [-0.3, -0.25) is 9.48 Å². The summed E-state index contributed by atoms with van der Waals surface area (Å²) >= 11 is 0. The predicted octanol–water partition coefficient (Wildman–Crippen LogP) is 2.13. The average Bonchev–Trinajstić information content (AvgIpc) is 2.98. The first-order valence-corrected chi connectivity index (χ1v) is 8.07. The molecule has 0 radical (unpaired) electrons. The second kappa shape index (κ2) is 5.70. The van der Waals surface area contributed by atoms with Gasteiger partial charge in [-0.2, -0.15) is 5.10 Å². The molecule has 3 N–H and O–H groups in total. The van der Waals surface area contributed by atoms with Crippen molar-refractivity contribution in [1.29, 1.82) is 0 Å². The van der Waals surface area contributed by atoms with E-state index in [-0.39, 0.29) is 0 Å². The summed E-state index contributed by atoms with van der Waals surface area (Å²) < 4.78 is 1.85. The smallest absolute Gasteiger partial charge is 0.248 e. The van der Waals surface area contributed by atoms with Crippen molar-refractivity contribution >= 4 is 17.5 Å². The van der Waals surface area contributed by atoms with Gasteiger partial charge in [-0.25, -0.2) is 9.97 Å². The van der Waals surface area contributed by atoms with Gasteiger partial charge in [-0.1, -0.05) is 6.07 Å². The minimum atomic E-state index is -0.464. The Bertz CT molecular complexity index is 991. The van der Waals surface area contributed by atoms with Crippen LogP contribution in [-0.4, -0.2) is 25.7 Å². The molecule has 7 nitrogen and oxygen atoms in total. The number of anilines is 2. The first-order valence-electron chi connectivity index (χ1n) is 8.07. The first kappa shape index (κ1) is 15.3. The number of rotatable bonds is 3. The van der Waals surface area contributed by atoms with Gasteiger partial charge < -0.3 is 11.1 Å². The SMILES string of the molecule is Cc1ccc(C(N)=O)cc1Nc1ncc2c(n1)-c1c(cnn1C)CC2. The number of amides is 1. The van der Waals surface area contributed by atoms with E-state index in [9.17, 15) is 4.79 Å². The number of nitrogens with two attached hydrogens (primary N) is 1. The van der Waals surface area contributed by atoms with E-state index in [1.165, 1.54) is 5.56 Å². The van der Waals surface area contributed by atoms with E-state index in [0.29, 0.717) is 11.5 Å². The van der Waals surface area contributed by atoms with Crippen LogP contribution in [0.4, 0.5) is 11.6 Å². The van der Waals surface area contributed by atoms with Gasteiger partial charge in [-0.15, -0.1) is 0 Å². The van der Waals surface area contributed by atoms with Crippen molar-refractivity contribution in [2.75, 3.05) is 5.32 Å². The molecule has 0 saturated carbocycles. The molecular formula is C18H18N6O. The van der Waals surface area contributed by atoms with Gasteiger partial charge in [0.15, 0.2) is 0 Å². The van der Waals surface area contributed by atoms with Crippen molar-refractivity contribution in [3.63, 3.8) is 0 Å². The molecule has 1 aliphatic rings. The fourth-order valence-corrected chi connectivity index (χ4v) is 3.13. The van der Waals surface area contributed by atoms with E-state index in [0.717, 1.165) is 41.0 Å². The summed E-state index contributed by atoms with van der Waals surface area (Å²) in [5.74, 6) is 0.0199. The topological polar surface area (TPSA) is 98.7 Å². The van der Waals surface area contributed by atoms with Crippen LogP contribution in [0.5, 0.6) is 0 Å². The van der Waals surface area contributed by atoms with Gasteiger partial charge in [-0.05, 0) is 48.6 Å². The van der Waals surface area contributed by atoms with Crippen LogP contribution in [0.1, 0.15) is 27.0 Å². The largest absolute Gasteiger partial charge is 0.366 e. The number of hydrogen-bond acceptors (Lipinski definition) is 5. The molecule has 0 bridgehead atoms. The maximum Gasteiger partial charge on any atom is 0.248 e. The Balaban J connectivity index is 1.74. The Morgan fingerprint density at radius 1 is 1.24 bits per heavy atom. The highest BCUT2D eigenvalue weighted by atomic mass is 16.1. The molecule has 1 amide bonds. The number of primary amides is 1. The molecule has 0 aliphatic heterocycles. The molecule has 0 unspecified atom stereocenters. The maximum atomic E-state index is 11.4. The Labute approximate surface area is 144 Å². The molecule has 25 heavy (non-hydrogen) atoms. The standard InChI is InChI=1S/C18H18N6O/c1-10-3-4-11(17(19)25)7-14(10)22-18-20-8-12-5-6-13-9-21-24(2)16(13)15(12)23-18/h3-4,7-9H,5-6H2,1-2H3,(H2,19,25)(H,20,22,23). The zero-order chi connectivity index (χ0) is 17.6. The summed E-state index contributed by atoms with van der Waals surface area (Å²) in [6, 6.07) is 5.27. The minimum absolute atomic E-state index is 0.444. The summed E-state index contributed by atoms with van der Waals surface area (Å²) in [5, 5.41) is 7.54. The van der Waals surface area contributed by atoms with Crippen LogP contribution < -0.4 is 11.1 Å². The van der Waals surface area contributed by atoms with E-state index >= 15 is 0 Å². The Morgan fingerprint density at radius 2 is 2.04 bits per heavy atom. The summed E-state index contributed by atoms with van der Waals surface area (Å²) in [5.41, 5.74) is 11.8. The summed E-state index contributed by atoms with van der Waals surface area (Å²) in [7, 11) is 1.92. The molecule has 126 valence electrons. The van der Waals surface area contributed by atoms with Crippen molar-refractivity contribution in [3.05, 3.63) is 52.8 Å². The summed E-state index contributed by atoms with van der Waals surface area (Å²) in [6.07, 6.45) is 5.61. The molecule has 0 spiro atoms. The highest BCUT2D eigenvalue weighted by Crippen LogP contribution is 2.32. The van der Waals surface area contributed by atoms with Crippen LogP contribution in [0.25, 0.3) is 11.4 Å². The number of aryl methyl sites for hydroxylation is 4. The van der Waals surface area contributed by atoms with Gasteiger partial charge in [0.25, 0.3) is 0 Å². The monoisotopic (exact) mass is 334 g/mol. The molecule has 0 fully saturated rings. The normalized spacial score (nSPS) is 12.4. The van der Waals surface area contributed by atoms with Crippen molar-refractivity contribution in [3.8, 4) is 11.4 Å². The van der Waals surface area contributed by atoms with Gasteiger partial charge in [0.2, 0.25) is 11.9 Å². The van der Waals surface area contributed by atoms with Crippen LogP contribution >= 0.6 is 0 Å². The highest BCUT2D eigenvalue weighted by molar-refractivity contribution is 5.94. The van der Waals surface area contributed by atoms with Crippen molar-refractivity contribution in [2.45, 2.75) is 19.8 Å². The number of carbonyl (C=O) groups is 1. The first-order chi connectivity index (χ1) is 12.0. The quantitative estimate of drug-likeness (QED) is 0.764. The third-order valence-electron chi connectivity index (χ3n) is 4.54. The van der Waals surface area contributed by atoms with Gasteiger partial charge in [0, 0.05) is 24.5 Å². The lowest BCUT2D eigenvalue weighted by atomic mass is 9.95. The number of hydrogen-bond donors (Lipinski definition) is 2. The molecular weight excluding hydrogens is 316 g/mol. The van der Waals surface area contributed by atoms with Gasteiger partial charge >= 0.3 is 0 Å². The van der Waals surface area contributed by atoms with Gasteiger partial charge in [0.1, 0.15) is 0 Å². The van der Waals surface area contributed by atoms with E-state index in [4.69, 9.17) is 10.7 Å². The molecule has 7 heteroatoms. The highest BCUT2D eigenvalue weighted by Gasteiger charge is 2.22. The Hall–Kier alpha value is -3.22. The zero-order valence-corrected chi connectivity index (χ0v) is 14.1. The van der Waals surface area contributed by atoms with E-state index in [1.54, 1.807) is 12.1 Å². The molecule has 4 rings (SSSR count). The Morgan fingerprint density at radius 3 is 2.84 bits per heavy atom. The number of fused-ring (bicyclic) bond motifs is 3. The van der Waals surface area contributed by atoms with Crippen LogP contribution in [-0.2, 0) is 19.9 Å². The van der Waals surface area contributed by atoms with E-state index in [1.807, 2.05) is 37.1 Å². The summed E-state index contributed by atoms with van der Waals surface area (Å²) in [6.45, 7) is 1.95. The zero-order valence-electron chi connectivity index (χ0n) is 14.1. The van der Waals surface area contributed by atoms with Crippen molar-refractivity contribution < 1.29 is 4.79 Å². The summed E-state index contributed by atoms with van der Waals surface area (Å²) in [4.78, 5) is 20.5. The molecule has 0 atom stereocenters. The number of benzene rings is 1. The molecule has 2 heterocycles. The van der Waals surface area contributed by atoms with Crippen LogP contribution in [0.15, 0.2) is 30.6 Å². The number of nitrogens with one attached hydrogen (secondary N) is 1. The second-order valence-electron chi connectivity index (χ2n) is 6.23. The van der Waals surface area contributed by atoms with Gasteiger partial charge in [0.05, 0.1) is 17.6 Å². The number of nitrogens with zero attached hydrogens (tertiary/aromatic N) is 4. The predicted molar refractivity (Wildman–Crippen MR) is 94.6 cm³/mol. The second-order valence-corrected chi connectivity index (χ2v) is 6.23. The number of aromatic nitrogens is 4. The van der Waals surface area contributed by atoms with Crippen LogP contribution in [0.3, 0.4) is 0 Å². The lowest BCUT2D eigenvalue weighted by Crippen LogP contribution is -2.12.